The molecule has 1 saturated heterocycles. The predicted molar refractivity (Wildman–Crippen MR) is 78.4 cm³/mol. The Bertz CT molecular complexity index is 645. The third kappa shape index (κ3) is 2.35. The zero-order valence-corrected chi connectivity index (χ0v) is 12.6. The van der Waals surface area contributed by atoms with Gasteiger partial charge in [-0.2, -0.15) is 4.98 Å². The van der Waals surface area contributed by atoms with Gasteiger partial charge < -0.3 is 9.84 Å². The molecule has 1 atom stereocenters. The van der Waals surface area contributed by atoms with E-state index in [9.17, 15) is 4.39 Å². The molecule has 0 saturated carbocycles. The molecule has 112 valence electrons. The van der Waals surface area contributed by atoms with Crippen molar-refractivity contribution in [2.24, 2.45) is 5.92 Å². The second-order valence-electron chi connectivity index (χ2n) is 6.12. The van der Waals surface area contributed by atoms with Crippen LogP contribution in [0, 0.1) is 18.7 Å². The Kier molecular flexibility index (Phi) is 3.53. The third-order valence-electron chi connectivity index (χ3n) is 4.57. The minimum Gasteiger partial charge on any atom is -0.338 e. The smallest absolute Gasteiger partial charge is 0.234 e. The maximum atomic E-state index is 13.2. The summed E-state index contributed by atoms with van der Waals surface area (Å²) in [5.74, 6) is 1.38. The first-order valence-corrected chi connectivity index (χ1v) is 7.34. The third-order valence-corrected chi connectivity index (χ3v) is 4.57. The molecule has 1 aromatic carbocycles. The van der Waals surface area contributed by atoms with Crippen molar-refractivity contribution in [3.8, 4) is 11.4 Å². The molecule has 0 amide bonds. The molecule has 1 unspecified atom stereocenters. The highest BCUT2D eigenvalue weighted by atomic mass is 19.1. The Labute approximate surface area is 123 Å². The van der Waals surface area contributed by atoms with Gasteiger partial charge in [-0.1, -0.05) is 19.0 Å². The van der Waals surface area contributed by atoms with Crippen molar-refractivity contribution in [2.45, 2.75) is 32.6 Å². The summed E-state index contributed by atoms with van der Waals surface area (Å²) in [6.45, 7) is 8.03. The summed E-state index contributed by atoms with van der Waals surface area (Å²) in [7, 11) is 0. The van der Waals surface area contributed by atoms with E-state index in [1.54, 1.807) is 6.07 Å². The summed E-state index contributed by atoms with van der Waals surface area (Å²) in [6, 6.07) is 4.61. The first kappa shape index (κ1) is 14.2. The number of nitrogens with one attached hydrogen (secondary N) is 1. The number of nitrogens with zero attached hydrogens (tertiary/aromatic N) is 2. The summed E-state index contributed by atoms with van der Waals surface area (Å²) in [5, 5.41) is 7.50. The van der Waals surface area contributed by atoms with Gasteiger partial charge in [0.2, 0.25) is 11.7 Å². The quantitative estimate of drug-likeness (QED) is 0.943. The Morgan fingerprint density at radius 2 is 2.19 bits per heavy atom. The van der Waals surface area contributed by atoms with Crippen molar-refractivity contribution < 1.29 is 8.91 Å². The first-order valence-electron chi connectivity index (χ1n) is 7.34. The zero-order valence-electron chi connectivity index (χ0n) is 12.6. The minimum atomic E-state index is -0.251. The van der Waals surface area contributed by atoms with E-state index in [0.717, 1.165) is 30.6 Å². The van der Waals surface area contributed by atoms with E-state index in [1.165, 1.54) is 12.1 Å². The molecule has 1 N–H and O–H groups in total. The van der Waals surface area contributed by atoms with Crippen molar-refractivity contribution in [3.63, 3.8) is 0 Å². The second kappa shape index (κ2) is 5.22. The van der Waals surface area contributed by atoms with Gasteiger partial charge in [0.15, 0.2) is 0 Å². The normalized spacial score (nSPS) is 22.1. The number of hydrogen-bond acceptors (Lipinski definition) is 4. The lowest BCUT2D eigenvalue weighted by molar-refractivity contribution is 0.234. The molecule has 1 fully saturated rings. The lowest BCUT2D eigenvalue weighted by atomic mass is 9.76. The summed E-state index contributed by atoms with van der Waals surface area (Å²) in [4.78, 5) is 4.61. The fraction of sp³-hybridized carbons (Fsp3) is 0.500. The molecule has 3 rings (SSSR count). The largest absolute Gasteiger partial charge is 0.338 e. The lowest BCUT2D eigenvalue weighted by Gasteiger charge is -2.28. The zero-order chi connectivity index (χ0) is 15.0. The molecular weight excluding hydrogens is 269 g/mol. The van der Waals surface area contributed by atoms with Gasteiger partial charge in [0.25, 0.3) is 0 Å². The molecule has 1 aliphatic heterocycles. The van der Waals surface area contributed by atoms with Crippen LogP contribution in [0.3, 0.4) is 0 Å². The van der Waals surface area contributed by atoms with E-state index in [1.807, 2.05) is 6.92 Å². The van der Waals surface area contributed by atoms with Gasteiger partial charge in [-0.25, -0.2) is 4.39 Å². The monoisotopic (exact) mass is 289 g/mol. The fourth-order valence-corrected chi connectivity index (χ4v) is 3.05. The number of aryl methyl sites for hydroxylation is 1. The van der Waals surface area contributed by atoms with Crippen molar-refractivity contribution in [2.75, 3.05) is 13.1 Å². The van der Waals surface area contributed by atoms with Crippen LogP contribution in [0.2, 0.25) is 0 Å². The van der Waals surface area contributed by atoms with E-state index in [0.29, 0.717) is 17.6 Å². The molecule has 4 nitrogen and oxygen atoms in total. The molecule has 0 bridgehead atoms. The molecule has 0 radical (unpaired) electrons. The molecule has 0 aliphatic carbocycles. The fourth-order valence-electron chi connectivity index (χ4n) is 3.05. The van der Waals surface area contributed by atoms with Crippen molar-refractivity contribution >= 4 is 0 Å². The average molecular weight is 289 g/mol. The summed E-state index contributed by atoms with van der Waals surface area (Å²) < 4.78 is 18.8. The highest BCUT2D eigenvalue weighted by Gasteiger charge is 2.43. The van der Waals surface area contributed by atoms with E-state index < -0.39 is 0 Å². The molecular formula is C16H20FN3O. The molecule has 21 heavy (non-hydrogen) atoms. The topological polar surface area (TPSA) is 51.0 Å². The van der Waals surface area contributed by atoms with Gasteiger partial charge in [-0.05, 0) is 49.6 Å². The van der Waals surface area contributed by atoms with Crippen LogP contribution in [0.15, 0.2) is 22.7 Å². The van der Waals surface area contributed by atoms with Gasteiger partial charge >= 0.3 is 0 Å². The maximum Gasteiger partial charge on any atom is 0.234 e. The van der Waals surface area contributed by atoms with Crippen LogP contribution in [-0.2, 0) is 5.41 Å². The van der Waals surface area contributed by atoms with Crippen molar-refractivity contribution in [1.29, 1.82) is 0 Å². The van der Waals surface area contributed by atoms with Crippen molar-refractivity contribution in [3.05, 3.63) is 35.5 Å². The van der Waals surface area contributed by atoms with Crippen molar-refractivity contribution in [1.82, 2.24) is 15.5 Å². The summed E-state index contributed by atoms with van der Waals surface area (Å²) in [6.07, 6.45) is 0.995. The highest BCUT2D eigenvalue weighted by Crippen LogP contribution is 2.37. The average Bonchev–Trinajstić information content (AvgIpc) is 3.08. The molecule has 2 heterocycles. The minimum absolute atomic E-state index is 0.0980. The second-order valence-corrected chi connectivity index (χ2v) is 6.12. The van der Waals surface area contributed by atoms with Crippen LogP contribution in [-0.4, -0.2) is 23.2 Å². The van der Waals surface area contributed by atoms with Crippen LogP contribution >= 0.6 is 0 Å². The van der Waals surface area contributed by atoms with E-state index in [4.69, 9.17) is 4.52 Å². The van der Waals surface area contributed by atoms with Gasteiger partial charge in [-0.15, -0.1) is 0 Å². The first-order chi connectivity index (χ1) is 10.0. The van der Waals surface area contributed by atoms with Gasteiger partial charge in [0.1, 0.15) is 5.82 Å². The number of hydrogen-bond donors (Lipinski definition) is 1. The number of halogens is 1. The Morgan fingerprint density at radius 3 is 2.81 bits per heavy atom. The summed E-state index contributed by atoms with van der Waals surface area (Å²) in [5.41, 5.74) is 1.53. The Balaban J connectivity index is 2.00. The Morgan fingerprint density at radius 1 is 1.38 bits per heavy atom. The molecule has 2 aromatic rings. The van der Waals surface area contributed by atoms with Crippen LogP contribution < -0.4 is 5.32 Å². The number of rotatable bonds is 3. The van der Waals surface area contributed by atoms with E-state index in [-0.39, 0.29) is 11.2 Å². The van der Waals surface area contributed by atoms with E-state index >= 15 is 0 Å². The summed E-state index contributed by atoms with van der Waals surface area (Å²) >= 11 is 0. The molecule has 1 aliphatic rings. The molecule has 0 spiro atoms. The SMILES string of the molecule is Cc1cc(F)ccc1-c1noc(C2(C(C)C)CCNC2)n1. The lowest BCUT2D eigenvalue weighted by Crippen LogP contribution is -2.35. The molecule has 1 aromatic heterocycles. The van der Waals surface area contributed by atoms with Crippen LogP contribution in [0.4, 0.5) is 4.39 Å². The highest BCUT2D eigenvalue weighted by molar-refractivity contribution is 5.59. The predicted octanol–water partition coefficient (Wildman–Crippen LogP) is 3.07. The van der Waals surface area contributed by atoms with Crippen LogP contribution in [0.1, 0.15) is 31.7 Å². The Hall–Kier alpha value is -1.75. The van der Waals surface area contributed by atoms with E-state index in [2.05, 4.69) is 29.3 Å². The maximum absolute atomic E-state index is 13.2. The van der Waals surface area contributed by atoms with Gasteiger partial charge in [0.05, 0.1) is 5.41 Å². The molecule has 5 heteroatoms. The number of benzene rings is 1. The van der Waals surface area contributed by atoms with Crippen LogP contribution in [0.25, 0.3) is 11.4 Å². The van der Waals surface area contributed by atoms with Gasteiger partial charge in [0, 0.05) is 12.1 Å². The number of aromatic nitrogens is 2. The van der Waals surface area contributed by atoms with Crippen LogP contribution in [0.5, 0.6) is 0 Å². The standard InChI is InChI=1S/C16H20FN3O/c1-10(2)16(6-7-18-9-16)15-19-14(20-21-15)13-5-4-12(17)8-11(13)3/h4-5,8,10,18H,6-7,9H2,1-3H3. The van der Waals surface area contributed by atoms with Gasteiger partial charge in [-0.3, -0.25) is 0 Å².